The summed E-state index contributed by atoms with van der Waals surface area (Å²) in [5.74, 6) is 0.0174. The van der Waals surface area contributed by atoms with E-state index < -0.39 is 0 Å². The van der Waals surface area contributed by atoms with E-state index in [1.807, 2.05) is 5.38 Å². The topological polar surface area (TPSA) is 68.0 Å². The van der Waals surface area contributed by atoms with E-state index in [2.05, 4.69) is 17.2 Å². The van der Waals surface area contributed by atoms with E-state index in [0.29, 0.717) is 11.6 Å². The van der Waals surface area contributed by atoms with Crippen molar-refractivity contribution in [2.24, 2.45) is 0 Å². The molecule has 3 N–H and O–H groups in total. The number of anilines is 1. The minimum atomic E-state index is 0.0174. The predicted molar refractivity (Wildman–Crippen MR) is 58.1 cm³/mol. The summed E-state index contributed by atoms with van der Waals surface area (Å²) in [6.07, 6.45) is 2.44. The van der Waals surface area contributed by atoms with Crippen LogP contribution in [0.5, 0.6) is 0 Å². The molecule has 1 amide bonds. The molecule has 0 spiro atoms. The van der Waals surface area contributed by atoms with Gasteiger partial charge in [0.1, 0.15) is 0 Å². The Balaban J connectivity index is 2.27. The molecular formula is C9H15N3OS. The van der Waals surface area contributed by atoms with Crippen LogP contribution in [0.2, 0.25) is 0 Å². The van der Waals surface area contributed by atoms with Crippen LogP contribution in [0.25, 0.3) is 0 Å². The number of hydrogen-bond acceptors (Lipinski definition) is 4. The zero-order valence-electron chi connectivity index (χ0n) is 8.25. The average molecular weight is 213 g/mol. The Bertz CT molecular complexity index is 298. The van der Waals surface area contributed by atoms with Crippen LogP contribution in [0.4, 0.5) is 5.13 Å². The summed E-state index contributed by atoms with van der Waals surface area (Å²) in [6.45, 7) is 2.84. The third kappa shape index (κ3) is 3.74. The van der Waals surface area contributed by atoms with Crippen molar-refractivity contribution < 1.29 is 4.79 Å². The Morgan fingerprint density at radius 3 is 3.07 bits per heavy atom. The number of nitrogen functional groups attached to an aromatic ring is 1. The molecule has 0 saturated carbocycles. The van der Waals surface area contributed by atoms with Crippen LogP contribution >= 0.6 is 11.3 Å². The Hall–Kier alpha value is -1.10. The van der Waals surface area contributed by atoms with Gasteiger partial charge in [-0.1, -0.05) is 13.3 Å². The molecule has 0 saturated heterocycles. The zero-order valence-corrected chi connectivity index (χ0v) is 9.06. The van der Waals surface area contributed by atoms with Gasteiger partial charge in [-0.05, 0) is 6.42 Å². The van der Waals surface area contributed by atoms with Crippen LogP contribution in [0, 0.1) is 0 Å². The second-order valence-electron chi connectivity index (χ2n) is 3.06. The normalized spacial score (nSPS) is 10.1. The van der Waals surface area contributed by atoms with Gasteiger partial charge in [-0.25, -0.2) is 4.98 Å². The van der Waals surface area contributed by atoms with Crippen molar-refractivity contribution in [3.8, 4) is 0 Å². The molecule has 0 bridgehead atoms. The van der Waals surface area contributed by atoms with Crippen molar-refractivity contribution >= 4 is 22.4 Å². The van der Waals surface area contributed by atoms with E-state index in [4.69, 9.17) is 5.73 Å². The summed E-state index contributed by atoms with van der Waals surface area (Å²) in [7, 11) is 0. The molecule has 14 heavy (non-hydrogen) atoms. The second kappa shape index (κ2) is 5.59. The molecule has 0 radical (unpaired) electrons. The van der Waals surface area contributed by atoms with Gasteiger partial charge >= 0.3 is 0 Å². The molecule has 0 aromatic carbocycles. The number of carbonyl (C=O) groups excluding carboxylic acids is 1. The molecule has 5 heteroatoms. The number of nitrogens with two attached hydrogens (primary N) is 1. The number of aromatic nitrogens is 1. The van der Waals surface area contributed by atoms with E-state index in [1.54, 1.807) is 0 Å². The first-order chi connectivity index (χ1) is 6.72. The van der Waals surface area contributed by atoms with Gasteiger partial charge in [-0.2, -0.15) is 0 Å². The fraction of sp³-hybridized carbons (Fsp3) is 0.556. The van der Waals surface area contributed by atoms with E-state index in [9.17, 15) is 4.79 Å². The first kappa shape index (κ1) is 11.0. The number of hydrogen-bond donors (Lipinski definition) is 2. The highest BCUT2D eigenvalue weighted by atomic mass is 32.1. The average Bonchev–Trinajstić information content (AvgIpc) is 2.52. The number of unbranched alkanes of at least 4 members (excludes halogenated alkanes) is 1. The summed E-state index contributed by atoms with van der Waals surface area (Å²) in [5, 5.41) is 5.16. The summed E-state index contributed by atoms with van der Waals surface area (Å²) in [5.41, 5.74) is 6.20. The first-order valence-electron chi connectivity index (χ1n) is 4.69. The van der Waals surface area contributed by atoms with Crippen molar-refractivity contribution in [1.29, 1.82) is 0 Å². The zero-order chi connectivity index (χ0) is 10.4. The Morgan fingerprint density at radius 2 is 2.50 bits per heavy atom. The van der Waals surface area contributed by atoms with Crippen molar-refractivity contribution in [1.82, 2.24) is 10.3 Å². The summed E-state index contributed by atoms with van der Waals surface area (Å²) >= 11 is 1.36. The van der Waals surface area contributed by atoms with E-state index >= 15 is 0 Å². The van der Waals surface area contributed by atoms with E-state index in [1.165, 1.54) is 11.3 Å². The number of carbonyl (C=O) groups is 1. The monoisotopic (exact) mass is 213 g/mol. The molecule has 1 aromatic rings. The van der Waals surface area contributed by atoms with Crippen LogP contribution in [0.3, 0.4) is 0 Å². The van der Waals surface area contributed by atoms with Crippen LogP contribution in [-0.2, 0) is 11.2 Å². The minimum Gasteiger partial charge on any atom is -0.375 e. The highest BCUT2D eigenvalue weighted by Gasteiger charge is 2.05. The molecule has 0 aliphatic rings. The van der Waals surface area contributed by atoms with Crippen molar-refractivity contribution in [2.75, 3.05) is 12.3 Å². The standard InChI is InChI=1S/C9H15N3OS/c1-2-3-4-11-8(13)5-7-6-14-9(10)12-7/h6H,2-5H2,1H3,(H2,10,12)(H,11,13). The summed E-state index contributed by atoms with van der Waals surface area (Å²) < 4.78 is 0. The predicted octanol–water partition coefficient (Wildman–Crippen LogP) is 1.18. The fourth-order valence-corrected chi connectivity index (χ4v) is 1.60. The number of rotatable bonds is 5. The third-order valence-corrected chi connectivity index (χ3v) is 2.49. The molecule has 0 aliphatic heterocycles. The van der Waals surface area contributed by atoms with Crippen molar-refractivity contribution in [2.45, 2.75) is 26.2 Å². The maximum Gasteiger partial charge on any atom is 0.226 e. The summed E-state index contributed by atoms with van der Waals surface area (Å²) in [4.78, 5) is 15.3. The number of amides is 1. The fourth-order valence-electron chi connectivity index (χ4n) is 1.04. The van der Waals surface area contributed by atoms with Crippen LogP contribution in [0.1, 0.15) is 25.5 Å². The van der Waals surface area contributed by atoms with E-state index in [0.717, 1.165) is 25.1 Å². The molecular weight excluding hydrogens is 198 g/mol. The Morgan fingerprint density at radius 1 is 1.71 bits per heavy atom. The molecule has 4 nitrogen and oxygen atoms in total. The van der Waals surface area contributed by atoms with Crippen molar-refractivity contribution in [3.63, 3.8) is 0 Å². The number of thiazole rings is 1. The molecule has 1 aromatic heterocycles. The molecule has 0 fully saturated rings. The molecule has 0 unspecified atom stereocenters. The highest BCUT2D eigenvalue weighted by molar-refractivity contribution is 7.13. The molecule has 0 atom stereocenters. The number of nitrogens with zero attached hydrogens (tertiary/aromatic N) is 1. The third-order valence-electron chi connectivity index (χ3n) is 1.76. The number of nitrogens with one attached hydrogen (secondary N) is 1. The smallest absolute Gasteiger partial charge is 0.226 e. The second-order valence-corrected chi connectivity index (χ2v) is 3.95. The van der Waals surface area contributed by atoms with Gasteiger partial charge in [0, 0.05) is 11.9 Å². The lowest BCUT2D eigenvalue weighted by molar-refractivity contribution is -0.120. The molecule has 1 rings (SSSR count). The van der Waals surface area contributed by atoms with Gasteiger partial charge in [0.25, 0.3) is 0 Å². The maximum absolute atomic E-state index is 11.3. The van der Waals surface area contributed by atoms with Gasteiger partial charge < -0.3 is 11.1 Å². The largest absolute Gasteiger partial charge is 0.375 e. The van der Waals surface area contributed by atoms with Gasteiger partial charge in [0.15, 0.2) is 5.13 Å². The quantitative estimate of drug-likeness (QED) is 0.722. The Labute approximate surface area is 87.5 Å². The van der Waals surface area contributed by atoms with Crippen LogP contribution < -0.4 is 11.1 Å². The molecule has 78 valence electrons. The lowest BCUT2D eigenvalue weighted by Crippen LogP contribution is -2.26. The Kier molecular flexibility index (Phi) is 4.39. The van der Waals surface area contributed by atoms with Gasteiger partial charge in [-0.15, -0.1) is 11.3 Å². The van der Waals surface area contributed by atoms with Crippen LogP contribution in [0.15, 0.2) is 5.38 Å². The van der Waals surface area contributed by atoms with Gasteiger partial charge in [0.05, 0.1) is 12.1 Å². The van der Waals surface area contributed by atoms with Gasteiger partial charge in [0.2, 0.25) is 5.91 Å². The lowest BCUT2D eigenvalue weighted by atomic mass is 10.3. The first-order valence-corrected chi connectivity index (χ1v) is 5.57. The summed E-state index contributed by atoms with van der Waals surface area (Å²) in [6, 6.07) is 0. The van der Waals surface area contributed by atoms with Crippen LogP contribution in [-0.4, -0.2) is 17.4 Å². The van der Waals surface area contributed by atoms with E-state index in [-0.39, 0.29) is 5.91 Å². The SMILES string of the molecule is CCCCNC(=O)Cc1csc(N)n1. The van der Waals surface area contributed by atoms with Crippen molar-refractivity contribution in [3.05, 3.63) is 11.1 Å². The highest BCUT2D eigenvalue weighted by Crippen LogP contribution is 2.11. The minimum absolute atomic E-state index is 0.0174. The molecule has 0 aliphatic carbocycles. The van der Waals surface area contributed by atoms with Gasteiger partial charge in [-0.3, -0.25) is 4.79 Å². The lowest BCUT2D eigenvalue weighted by Gasteiger charge is -2.01. The molecule has 1 heterocycles. The maximum atomic E-state index is 11.3.